The minimum atomic E-state index is -0.529. The second kappa shape index (κ2) is 11.5. The maximum absolute atomic E-state index is 13.6. The number of hydrogen-bond acceptors (Lipinski definition) is 6. The molecular formula is C32H27ClN4O4. The smallest absolute Gasteiger partial charge is 0.313 e. The molecule has 0 saturated heterocycles. The third-order valence-corrected chi connectivity index (χ3v) is 7.79. The maximum atomic E-state index is 13.6. The fraction of sp³-hybridized carbons (Fsp3) is 0.219. The van der Waals surface area contributed by atoms with Gasteiger partial charge >= 0.3 is 5.69 Å². The van der Waals surface area contributed by atoms with E-state index in [2.05, 4.69) is 5.10 Å². The van der Waals surface area contributed by atoms with E-state index in [1.807, 2.05) is 54.6 Å². The average Bonchev–Trinajstić information content (AvgIpc) is 3.00. The molecule has 1 aliphatic rings. The van der Waals surface area contributed by atoms with E-state index in [0.717, 1.165) is 48.4 Å². The van der Waals surface area contributed by atoms with E-state index in [-0.39, 0.29) is 34.5 Å². The van der Waals surface area contributed by atoms with E-state index in [1.165, 1.54) is 17.0 Å². The molecule has 1 aromatic heterocycles. The summed E-state index contributed by atoms with van der Waals surface area (Å²) in [6, 6.07) is 23.7. The minimum absolute atomic E-state index is 0.0251. The summed E-state index contributed by atoms with van der Waals surface area (Å²) in [4.78, 5) is 30.0. The van der Waals surface area contributed by atoms with Crippen LogP contribution in [0.15, 0.2) is 88.8 Å². The molecule has 6 rings (SSSR count). The number of aromatic nitrogens is 2. The molecule has 8 nitrogen and oxygen atoms in total. The van der Waals surface area contributed by atoms with Crippen molar-refractivity contribution in [3.05, 3.63) is 121 Å². The first kappa shape index (κ1) is 26.7. The lowest BCUT2D eigenvalue weighted by atomic mass is 9.88. The van der Waals surface area contributed by atoms with Gasteiger partial charge in [-0.25, -0.2) is 4.98 Å². The van der Waals surface area contributed by atoms with Gasteiger partial charge in [-0.2, -0.15) is 9.78 Å². The number of hydrogen-bond donors (Lipinski definition) is 0. The van der Waals surface area contributed by atoms with Crippen molar-refractivity contribution in [3.63, 3.8) is 0 Å². The molecule has 0 aliphatic heterocycles. The van der Waals surface area contributed by atoms with Crippen molar-refractivity contribution in [3.8, 4) is 5.75 Å². The molecule has 41 heavy (non-hydrogen) atoms. The number of nitrogens with zero attached hydrogens (tertiary/aromatic N) is 4. The van der Waals surface area contributed by atoms with Crippen molar-refractivity contribution in [1.29, 1.82) is 0 Å². The summed E-state index contributed by atoms with van der Waals surface area (Å²) in [5.41, 5.74) is 1.23. The molecule has 0 unspecified atom stereocenters. The summed E-state index contributed by atoms with van der Waals surface area (Å²) in [5.74, 6) is 0.713. The topological polar surface area (TPSA) is 99.6 Å². The third-order valence-electron chi connectivity index (χ3n) is 7.57. The Morgan fingerprint density at radius 3 is 2.54 bits per heavy atom. The van der Waals surface area contributed by atoms with Gasteiger partial charge in [-0.3, -0.25) is 14.9 Å². The highest BCUT2D eigenvalue weighted by Gasteiger charge is 2.24. The second-order valence-electron chi connectivity index (χ2n) is 10.2. The minimum Gasteiger partial charge on any atom is -0.481 e. The molecule has 1 fully saturated rings. The van der Waals surface area contributed by atoms with Crippen LogP contribution in [0, 0.1) is 10.1 Å². The summed E-state index contributed by atoms with van der Waals surface area (Å²) < 4.78 is 7.45. The van der Waals surface area contributed by atoms with E-state index < -0.39 is 4.92 Å². The van der Waals surface area contributed by atoms with Crippen molar-refractivity contribution in [2.75, 3.05) is 0 Å². The van der Waals surface area contributed by atoms with Gasteiger partial charge in [-0.15, -0.1) is 0 Å². The lowest BCUT2D eigenvalue weighted by Crippen LogP contribution is -2.25. The number of ether oxygens (including phenoxy) is 1. The summed E-state index contributed by atoms with van der Waals surface area (Å²) in [7, 11) is 0. The van der Waals surface area contributed by atoms with Gasteiger partial charge in [0.15, 0.2) is 0 Å². The standard InChI is InChI=1S/C32H27ClN4O4/c33-25-17-24(30(29(18-25)37(39)40)41-20-23-13-8-12-21-9-4-5-14-26(21)23)19-34-36-31(22-10-2-1-3-11-22)35-28-16-7-6-15-27(28)32(36)38/h4-9,12-19,22H,1-3,10-11,20H2. The highest BCUT2D eigenvalue weighted by atomic mass is 35.5. The van der Waals surface area contributed by atoms with Crippen LogP contribution in [-0.4, -0.2) is 20.8 Å². The van der Waals surface area contributed by atoms with E-state index in [1.54, 1.807) is 18.2 Å². The molecule has 0 N–H and O–H groups in total. The van der Waals surface area contributed by atoms with Gasteiger partial charge in [0, 0.05) is 22.6 Å². The average molecular weight is 567 g/mol. The lowest BCUT2D eigenvalue weighted by molar-refractivity contribution is -0.385. The van der Waals surface area contributed by atoms with Crippen molar-refractivity contribution in [2.24, 2.45) is 5.10 Å². The molecule has 0 amide bonds. The van der Waals surface area contributed by atoms with Crippen molar-refractivity contribution < 1.29 is 9.66 Å². The normalized spacial score (nSPS) is 14.2. The Bertz CT molecular complexity index is 1860. The van der Waals surface area contributed by atoms with Crippen LogP contribution in [0.4, 0.5) is 5.69 Å². The second-order valence-corrected chi connectivity index (χ2v) is 10.6. The Balaban J connectivity index is 1.44. The number of para-hydroxylation sites is 1. The van der Waals surface area contributed by atoms with Crippen LogP contribution in [0.3, 0.4) is 0 Å². The maximum Gasteiger partial charge on any atom is 0.313 e. The fourth-order valence-corrected chi connectivity index (χ4v) is 5.78. The zero-order chi connectivity index (χ0) is 28.3. The largest absolute Gasteiger partial charge is 0.481 e. The Kier molecular flexibility index (Phi) is 7.48. The molecule has 9 heteroatoms. The first-order chi connectivity index (χ1) is 20.0. The van der Waals surface area contributed by atoms with E-state index in [0.29, 0.717) is 22.3 Å². The number of rotatable bonds is 7. The Morgan fingerprint density at radius 1 is 1.00 bits per heavy atom. The fourth-order valence-electron chi connectivity index (χ4n) is 5.55. The van der Waals surface area contributed by atoms with E-state index >= 15 is 0 Å². The first-order valence-corrected chi connectivity index (χ1v) is 14.0. The lowest BCUT2D eigenvalue weighted by Gasteiger charge is -2.22. The molecule has 0 atom stereocenters. The highest BCUT2D eigenvalue weighted by Crippen LogP contribution is 2.35. The van der Waals surface area contributed by atoms with Gasteiger partial charge < -0.3 is 4.74 Å². The van der Waals surface area contributed by atoms with Crippen LogP contribution < -0.4 is 10.3 Å². The monoisotopic (exact) mass is 566 g/mol. The van der Waals surface area contributed by atoms with Gasteiger partial charge in [0.25, 0.3) is 5.56 Å². The number of benzene rings is 4. The van der Waals surface area contributed by atoms with Gasteiger partial charge in [0.05, 0.1) is 22.0 Å². The molecule has 206 valence electrons. The summed E-state index contributed by atoms with van der Waals surface area (Å²) in [6.45, 7) is 0.0927. The van der Waals surface area contributed by atoms with Crippen molar-refractivity contribution in [2.45, 2.75) is 44.6 Å². The van der Waals surface area contributed by atoms with Crippen LogP contribution in [0.25, 0.3) is 21.7 Å². The Labute approximate surface area is 241 Å². The number of nitro groups is 1. The zero-order valence-electron chi connectivity index (χ0n) is 22.2. The summed E-state index contributed by atoms with van der Waals surface area (Å²) in [5, 5.41) is 19.3. The Morgan fingerprint density at radius 2 is 1.73 bits per heavy atom. The van der Waals surface area contributed by atoms with Gasteiger partial charge in [-0.05, 0) is 47.4 Å². The molecule has 0 radical (unpaired) electrons. The number of fused-ring (bicyclic) bond motifs is 2. The van der Waals surface area contributed by atoms with Crippen LogP contribution in [0.5, 0.6) is 5.75 Å². The van der Waals surface area contributed by atoms with Crippen molar-refractivity contribution in [1.82, 2.24) is 9.66 Å². The predicted octanol–water partition coefficient (Wildman–Crippen LogP) is 7.62. The molecule has 5 aromatic rings. The zero-order valence-corrected chi connectivity index (χ0v) is 23.0. The van der Waals surface area contributed by atoms with Gasteiger partial charge in [0.1, 0.15) is 12.4 Å². The SMILES string of the molecule is O=c1c2ccccc2nc(C2CCCCC2)n1N=Cc1cc(Cl)cc([N+](=O)[O-])c1OCc1cccc2ccccc12. The third kappa shape index (κ3) is 5.43. The van der Waals surface area contributed by atoms with Gasteiger partial charge in [0.2, 0.25) is 5.75 Å². The molecule has 1 aliphatic carbocycles. The quantitative estimate of drug-likeness (QED) is 0.115. The van der Waals surface area contributed by atoms with Gasteiger partial charge in [-0.1, -0.05) is 85.5 Å². The Hall–Kier alpha value is -4.56. The van der Waals surface area contributed by atoms with E-state index in [9.17, 15) is 14.9 Å². The molecule has 0 bridgehead atoms. The molecule has 1 saturated carbocycles. The first-order valence-electron chi connectivity index (χ1n) is 13.6. The summed E-state index contributed by atoms with van der Waals surface area (Å²) >= 11 is 6.30. The van der Waals surface area contributed by atoms with Crippen LogP contribution >= 0.6 is 11.6 Å². The highest BCUT2D eigenvalue weighted by molar-refractivity contribution is 6.31. The number of halogens is 1. The molecular weight excluding hydrogens is 540 g/mol. The summed E-state index contributed by atoms with van der Waals surface area (Å²) in [6.07, 6.45) is 6.51. The molecule has 0 spiro atoms. The molecule has 4 aromatic carbocycles. The predicted molar refractivity (Wildman–Crippen MR) is 161 cm³/mol. The van der Waals surface area contributed by atoms with Crippen LogP contribution in [0.1, 0.15) is 55.0 Å². The molecule has 1 heterocycles. The number of nitro benzene ring substituents is 1. The van der Waals surface area contributed by atoms with E-state index in [4.69, 9.17) is 21.3 Å². The van der Waals surface area contributed by atoms with Crippen molar-refractivity contribution >= 4 is 45.2 Å². The van der Waals surface area contributed by atoms with Crippen LogP contribution in [-0.2, 0) is 6.61 Å². The van der Waals surface area contributed by atoms with Crippen LogP contribution in [0.2, 0.25) is 5.02 Å².